The van der Waals surface area contributed by atoms with Crippen LogP contribution in [0.15, 0.2) is 41.1 Å². The summed E-state index contributed by atoms with van der Waals surface area (Å²) in [6.07, 6.45) is 3.00. The fourth-order valence-electron chi connectivity index (χ4n) is 3.82. The van der Waals surface area contributed by atoms with Crippen LogP contribution < -0.4 is 16.0 Å². The highest BCUT2D eigenvalue weighted by atomic mass is 79.9. The lowest BCUT2D eigenvalue weighted by atomic mass is 9.97. The summed E-state index contributed by atoms with van der Waals surface area (Å²) in [5.74, 6) is -0.458. The van der Waals surface area contributed by atoms with E-state index in [9.17, 15) is 14.9 Å². The van der Waals surface area contributed by atoms with Crippen molar-refractivity contribution in [2.75, 3.05) is 23.7 Å². The second-order valence-electron chi connectivity index (χ2n) is 7.87. The number of carbonyl (C=O) groups is 2. The van der Waals surface area contributed by atoms with Crippen LogP contribution in [0.4, 0.5) is 11.4 Å². The number of nitrogens with zero attached hydrogens (tertiary/aromatic N) is 4. The quantitative estimate of drug-likeness (QED) is 0.447. The average Bonchev–Trinajstić information content (AvgIpc) is 3.23. The van der Waals surface area contributed by atoms with Crippen molar-refractivity contribution >= 4 is 50.7 Å². The predicted octanol–water partition coefficient (Wildman–Crippen LogP) is 4.05. The van der Waals surface area contributed by atoms with Gasteiger partial charge >= 0.3 is 0 Å². The van der Waals surface area contributed by atoms with E-state index in [0.717, 1.165) is 25.9 Å². The third kappa shape index (κ3) is 5.12. The summed E-state index contributed by atoms with van der Waals surface area (Å²) in [7, 11) is 0. The first-order chi connectivity index (χ1) is 16.4. The highest BCUT2D eigenvalue weighted by Gasteiger charge is 2.24. The van der Waals surface area contributed by atoms with Gasteiger partial charge in [-0.2, -0.15) is 10.4 Å². The Morgan fingerprint density at radius 1 is 1.26 bits per heavy atom. The zero-order valence-electron chi connectivity index (χ0n) is 18.2. The Hall–Kier alpha value is -3.26. The number of piperidine rings is 1. The number of carbonyl (C=O) groups excluding carboxylic acids is 2. The van der Waals surface area contributed by atoms with Crippen molar-refractivity contribution in [3.63, 3.8) is 0 Å². The Labute approximate surface area is 209 Å². The summed E-state index contributed by atoms with van der Waals surface area (Å²) in [6.45, 7) is 3.31. The van der Waals surface area contributed by atoms with Gasteiger partial charge in [0.25, 0.3) is 5.91 Å². The fraction of sp³-hybridized carbons (Fsp3) is 0.261. The zero-order valence-corrected chi connectivity index (χ0v) is 20.6. The van der Waals surface area contributed by atoms with Crippen LogP contribution in [0, 0.1) is 24.2 Å². The summed E-state index contributed by atoms with van der Waals surface area (Å²) < 4.78 is 1.77. The van der Waals surface area contributed by atoms with Crippen molar-refractivity contribution < 1.29 is 9.59 Å². The van der Waals surface area contributed by atoms with Gasteiger partial charge in [-0.1, -0.05) is 11.6 Å². The number of anilines is 2. The molecule has 0 unspecified atom stereocenters. The van der Waals surface area contributed by atoms with Gasteiger partial charge in [-0.05, 0) is 78.6 Å². The minimum Gasteiger partial charge on any atom is -0.324 e. The van der Waals surface area contributed by atoms with Crippen molar-refractivity contribution in [1.29, 1.82) is 5.26 Å². The van der Waals surface area contributed by atoms with E-state index in [1.165, 1.54) is 4.68 Å². The fourth-order valence-corrected chi connectivity index (χ4v) is 4.40. The first-order valence-electron chi connectivity index (χ1n) is 10.6. The number of aromatic nitrogens is 3. The van der Waals surface area contributed by atoms with Crippen molar-refractivity contribution in [2.45, 2.75) is 19.8 Å². The molecule has 3 N–H and O–H groups in total. The molecule has 1 aromatic carbocycles. The number of pyridine rings is 1. The molecule has 0 spiro atoms. The third-order valence-corrected chi connectivity index (χ3v) is 6.21. The third-order valence-electron chi connectivity index (χ3n) is 5.52. The van der Waals surface area contributed by atoms with Gasteiger partial charge in [0.2, 0.25) is 5.91 Å². The lowest BCUT2D eigenvalue weighted by Crippen LogP contribution is -2.34. The van der Waals surface area contributed by atoms with Gasteiger partial charge in [0.05, 0.1) is 28.0 Å². The molecular weight excluding hydrogens is 522 g/mol. The van der Waals surface area contributed by atoms with Gasteiger partial charge in [0, 0.05) is 18.2 Å². The Kier molecular flexibility index (Phi) is 7.26. The number of nitrogens with one attached hydrogen (secondary N) is 3. The van der Waals surface area contributed by atoms with Crippen LogP contribution in [0.5, 0.6) is 0 Å². The van der Waals surface area contributed by atoms with Gasteiger partial charge in [-0.15, -0.1) is 0 Å². The molecule has 0 atom stereocenters. The molecule has 0 bridgehead atoms. The van der Waals surface area contributed by atoms with Gasteiger partial charge in [-0.25, -0.2) is 9.67 Å². The van der Waals surface area contributed by atoms with Crippen molar-refractivity contribution in [3.8, 4) is 11.9 Å². The number of nitriles is 1. The molecule has 1 aliphatic rings. The average molecular weight is 543 g/mol. The highest BCUT2D eigenvalue weighted by Crippen LogP contribution is 2.30. The van der Waals surface area contributed by atoms with Gasteiger partial charge in [-0.3, -0.25) is 9.59 Å². The van der Waals surface area contributed by atoms with Crippen molar-refractivity contribution in [2.24, 2.45) is 5.92 Å². The monoisotopic (exact) mass is 541 g/mol. The molecule has 4 rings (SSSR count). The maximum absolute atomic E-state index is 13.3. The van der Waals surface area contributed by atoms with Crippen LogP contribution in [-0.4, -0.2) is 39.7 Å². The Morgan fingerprint density at radius 3 is 2.74 bits per heavy atom. The Bertz CT molecular complexity index is 1290. The number of rotatable bonds is 5. The topological polar surface area (TPSA) is 125 Å². The molecule has 174 valence electrons. The first kappa shape index (κ1) is 23.9. The molecule has 2 amide bonds. The molecule has 0 saturated carbocycles. The molecule has 11 heteroatoms. The van der Waals surface area contributed by atoms with Crippen molar-refractivity contribution in [1.82, 2.24) is 20.1 Å². The van der Waals surface area contributed by atoms with E-state index < -0.39 is 5.91 Å². The first-order valence-corrected chi connectivity index (χ1v) is 11.8. The van der Waals surface area contributed by atoms with Crippen LogP contribution in [0.25, 0.3) is 5.82 Å². The summed E-state index contributed by atoms with van der Waals surface area (Å²) in [5, 5.41) is 23.1. The zero-order chi connectivity index (χ0) is 24.2. The normalized spacial score (nSPS) is 13.8. The number of benzene rings is 1. The Morgan fingerprint density at radius 2 is 2.03 bits per heavy atom. The van der Waals surface area contributed by atoms with Crippen LogP contribution >= 0.6 is 27.5 Å². The van der Waals surface area contributed by atoms with E-state index in [1.807, 2.05) is 0 Å². The molecule has 3 aromatic rings. The molecule has 0 aliphatic carbocycles. The lowest BCUT2D eigenvalue weighted by molar-refractivity contribution is -0.120. The number of halogens is 2. The van der Waals surface area contributed by atoms with Crippen LogP contribution in [0.2, 0.25) is 5.02 Å². The molecule has 1 saturated heterocycles. The van der Waals surface area contributed by atoms with Gasteiger partial charge in [0.15, 0.2) is 5.82 Å². The van der Waals surface area contributed by atoms with Crippen molar-refractivity contribution in [3.05, 3.63) is 63.0 Å². The largest absolute Gasteiger partial charge is 0.324 e. The standard InChI is InChI=1S/C23H21BrClN7O2/c1-13-9-14(12-26)10-17(29-22(33)15-4-7-27-8-5-15)20(13)30-23(34)18-11-19(24)31-32(18)21-16(25)3-2-6-28-21/h2-3,6,9-11,15,27H,4-5,7-8H2,1H3,(H,29,33)(H,30,34). The molecule has 3 heterocycles. The van der Waals surface area contributed by atoms with E-state index in [-0.39, 0.29) is 17.5 Å². The molecular formula is C23H21BrClN7O2. The summed E-state index contributed by atoms with van der Waals surface area (Å²) in [5.41, 5.74) is 1.97. The summed E-state index contributed by atoms with van der Waals surface area (Å²) >= 11 is 9.57. The van der Waals surface area contributed by atoms with Crippen LogP contribution in [0.3, 0.4) is 0 Å². The van der Waals surface area contributed by atoms with E-state index in [0.29, 0.717) is 37.9 Å². The second-order valence-corrected chi connectivity index (χ2v) is 9.09. The molecule has 1 fully saturated rings. The number of hydrogen-bond acceptors (Lipinski definition) is 6. The molecule has 34 heavy (non-hydrogen) atoms. The minimum atomic E-state index is -0.481. The molecule has 0 radical (unpaired) electrons. The minimum absolute atomic E-state index is 0.139. The second kappa shape index (κ2) is 10.3. The van der Waals surface area contributed by atoms with E-state index in [4.69, 9.17) is 11.6 Å². The summed E-state index contributed by atoms with van der Waals surface area (Å²) in [6, 6.07) is 10.2. The van der Waals surface area contributed by atoms with Gasteiger partial charge < -0.3 is 16.0 Å². The Balaban J connectivity index is 1.67. The maximum atomic E-state index is 13.3. The SMILES string of the molecule is Cc1cc(C#N)cc(NC(=O)C2CCNCC2)c1NC(=O)c1cc(Br)nn1-c1ncccc1Cl. The molecule has 1 aliphatic heterocycles. The van der Waals surface area contributed by atoms with E-state index in [2.05, 4.69) is 48.0 Å². The molecule has 9 nitrogen and oxygen atoms in total. The summed E-state index contributed by atoms with van der Waals surface area (Å²) in [4.78, 5) is 30.4. The number of aryl methyl sites for hydroxylation is 1. The predicted molar refractivity (Wildman–Crippen MR) is 132 cm³/mol. The number of hydrogen-bond donors (Lipinski definition) is 3. The van der Waals surface area contributed by atoms with Gasteiger partial charge in [0.1, 0.15) is 10.3 Å². The van der Waals surface area contributed by atoms with Crippen LogP contribution in [0.1, 0.15) is 34.5 Å². The smallest absolute Gasteiger partial charge is 0.274 e. The van der Waals surface area contributed by atoms with E-state index in [1.54, 1.807) is 43.5 Å². The van der Waals surface area contributed by atoms with Crippen LogP contribution in [-0.2, 0) is 4.79 Å². The lowest BCUT2D eigenvalue weighted by Gasteiger charge is -2.23. The van der Waals surface area contributed by atoms with E-state index >= 15 is 0 Å². The highest BCUT2D eigenvalue weighted by molar-refractivity contribution is 9.10. The molecule has 2 aromatic heterocycles. The maximum Gasteiger partial charge on any atom is 0.274 e. The number of amides is 2.